The molecule has 62 valence electrons. The summed E-state index contributed by atoms with van der Waals surface area (Å²) >= 11 is 13.1. The molecular weight excluding hydrogens is 215 g/mol. The predicted octanol–water partition coefficient (Wildman–Crippen LogP) is 3.91. The molecule has 1 N–H and O–H groups in total. The smallest absolute Gasteiger partial charge is 0.136 e. The van der Waals surface area contributed by atoms with Crippen LogP contribution in [0.15, 0.2) is 17.5 Å². The molecular formula is C8H4Cl2OS. The van der Waals surface area contributed by atoms with Gasteiger partial charge in [0.05, 0.1) is 9.72 Å². The zero-order valence-electron chi connectivity index (χ0n) is 5.84. The molecule has 1 aromatic carbocycles. The van der Waals surface area contributed by atoms with Crippen LogP contribution in [0.25, 0.3) is 10.1 Å². The van der Waals surface area contributed by atoms with E-state index in [2.05, 4.69) is 0 Å². The Bertz CT molecular complexity index is 436. The summed E-state index contributed by atoms with van der Waals surface area (Å²) in [5.74, 6) is 0.0348. The maximum atomic E-state index is 9.30. The normalized spacial score (nSPS) is 10.8. The second-order valence-corrected chi connectivity index (χ2v) is 4.03. The summed E-state index contributed by atoms with van der Waals surface area (Å²) in [6.07, 6.45) is 0. The van der Waals surface area contributed by atoms with Crippen LogP contribution in [0.1, 0.15) is 0 Å². The molecule has 0 atom stereocenters. The molecule has 1 heterocycles. The number of hydrogen-bond donors (Lipinski definition) is 1. The molecule has 1 aromatic heterocycles. The molecule has 0 aliphatic rings. The van der Waals surface area contributed by atoms with Crippen molar-refractivity contribution in [3.8, 4) is 5.75 Å². The lowest BCUT2D eigenvalue weighted by Gasteiger charge is -1.99. The molecule has 0 saturated heterocycles. The Kier molecular flexibility index (Phi) is 1.91. The molecule has 0 fully saturated rings. The van der Waals surface area contributed by atoms with Crippen molar-refractivity contribution in [2.24, 2.45) is 0 Å². The first-order chi connectivity index (χ1) is 5.70. The van der Waals surface area contributed by atoms with Gasteiger partial charge in [-0.1, -0.05) is 23.2 Å². The lowest BCUT2D eigenvalue weighted by atomic mass is 10.2. The summed E-state index contributed by atoms with van der Waals surface area (Å²) in [7, 11) is 0. The molecule has 0 radical (unpaired) electrons. The van der Waals surface area contributed by atoms with Gasteiger partial charge < -0.3 is 5.11 Å². The van der Waals surface area contributed by atoms with Crippen LogP contribution in [0.2, 0.25) is 10.0 Å². The second-order valence-electron chi connectivity index (χ2n) is 2.36. The number of rotatable bonds is 0. The summed E-state index contributed by atoms with van der Waals surface area (Å²) in [6, 6.07) is 3.50. The van der Waals surface area contributed by atoms with E-state index in [1.54, 1.807) is 6.07 Å². The van der Waals surface area contributed by atoms with Gasteiger partial charge in [0.15, 0.2) is 0 Å². The van der Waals surface area contributed by atoms with Crippen LogP contribution in [-0.4, -0.2) is 5.11 Å². The van der Waals surface area contributed by atoms with Crippen LogP contribution in [0.5, 0.6) is 5.75 Å². The van der Waals surface area contributed by atoms with Gasteiger partial charge in [0, 0.05) is 0 Å². The second kappa shape index (κ2) is 2.80. The van der Waals surface area contributed by atoms with Crippen LogP contribution >= 0.6 is 34.5 Å². The SMILES string of the molecule is Oc1cc2ccsc2c(Cl)c1Cl. The molecule has 4 heteroatoms. The van der Waals surface area contributed by atoms with Gasteiger partial charge in [-0.25, -0.2) is 0 Å². The lowest BCUT2D eigenvalue weighted by molar-refractivity contribution is 0.476. The minimum Gasteiger partial charge on any atom is -0.506 e. The molecule has 0 aliphatic carbocycles. The summed E-state index contributed by atoms with van der Waals surface area (Å²) in [4.78, 5) is 0. The first-order valence-corrected chi connectivity index (χ1v) is 4.88. The predicted molar refractivity (Wildman–Crippen MR) is 53.5 cm³/mol. The molecule has 2 aromatic rings. The number of benzene rings is 1. The zero-order chi connectivity index (χ0) is 8.72. The standard InChI is InChI=1S/C8H4Cl2OS/c9-6-5(11)3-4-1-2-12-8(4)7(6)10/h1-3,11H. The van der Waals surface area contributed by atoms with E-state index in [1.165, 1.54) is 11.3 Å². The van der Waals surface area contributed by atoms with E-state index in [1.807, 2.05) is 11.4 Å². The van der Waals surface area contributed by atoms with Crippen molar-refractivity contribution in [2.75, 3.05) is 0 Å². The summed E-state index contributed by atoms with van der Waals surface area (Å²) in [6.45, 7) is 0. The minimum atomic E-state index is 0.0348. The van der Waals surface area contributed by atoms with Crippen LogP contribution < -0.4 is 0 Å². The van der Waals surface area contributed by atoms with Gasteiger partial charge in [0.1, 0.15) is 10.8 Å². The largest absolute Gasteiger partial charge is 0.506 e. The van der Waals surface area contributed by atoms with Crippen molar-refractivity contribution in [1.29, 1.82) is 0 Å². The molecule has 0 spiro atoms. The number of aromatic hydroxyl groups is 1. The Morgan fingerprint density at radius 1 is 1.25 bits per heavy atom. The van der Waals surface area contributed by atoms with Gasteiger partial charge >= 0.3 is 0 Å². The monoisotopic (exact) mass is 218 g/mol. The maximum Gasteiger partial charge on any atom is 0.136 e. The molecule has 0 saturated carbocycles. The summed E-state index contributed by atoms with van der Waals surface area (Å²) in [5.41, 5.74) is 0. The Balaban J connectivity index is 2.94. The number of fused-ring (bicyclic) bond motifs is 1. The lowest BCUT2D eigenvalue weighted by Crippen LogP contribution is -1.71. The zero-order valence-corrected chi connectivity index (χ0v) is 8.17. The van der Waals surface area contributed by atoms with Crippen molar-refractivity contribution >= 4 is 44.6 Å². The van der Waals surface area contributed by atoms with Gasteiger partial charge in [-0.2, -0.15) is 0 Å². The Labute approximate surface area is 83.2 Å². The Morgan fingerprint density at radius 3 is 2.75 bits per heavy atom. The highest BCUT2D eigenvalue weighted by molar-refractivity contribution is 7.18. The molecule has 0 aliphatic heterocycles. The van der Waals surface area contributed by atoms with Crippen molar-refractivity contribution in [3.05, 3.63) is 27.6 Å². The first-order valence-electron chi connectivity index (χ1n) is 3.24. The third-order valence-corrected chi connectivity index (χ3v) is 3.52. The Hall–Kier alpha value is -0.440. The molecule has 12 heavy (non-hydrogen) atoms. The number of phenolic OH excluding ortho intramolecular Hbond substituents is 1. The average Bonchev–Trinajstić information content (AvgIpc) is 2.48. The van der Waals surface area contributed by atoms with Crippen LogP contribution in [0.3, 0.4) is 0 Å². The van der Waals surface area contributed by atoms with Crippen LogP contribution in [0, 0.1) is 0 Å². The number of halogens is 2. The molecule has 0 bridgehead atoms. The minimum absolute atomic E-state index is 0.0348. The van der Waals surface area contributed by atoms with E-state index in [-0.39, 0.29) is 10.8 Å². The summed E-state index contributed by atoms with van der Waals surface area (Å²) < 4.78 is 0.916. The highest BCUT2D eigenvalue weighted by atomic mass is 35.5. The van der Waals surface area contributed by atoms with Crippen molar-refractivity contribution in [2.45, 2.75) is 0 Å². The topological polar surface area (TPSA) is 20.2 Å². The van der Waals surface area contributed by atoms with E-state index < -0.39 is 0 Å². The molecule has 1 nitrogen and oxygen atoms in total. The number of phenols is 1. The van der Waals surface area contributed by atoms with Gasteiger partial charge in [-0.05, 0) is 22.9 Å². The first kappa shape index (κ1) is 8.17. The van der Waals surface area contributed by atoms with Crippen molar-refractivity contribution in [3.63, 3.8) is 0 Å². The third-order valence-electron chi connectivity index (χ3n) is 1.60. The van der Waals surface area contributed by atoms with E-state index in [0.717, 1.165) is 10.1 Å². The van der Waals surface area contributed by atoms with Crippen LogP contribution in [0.4, 0.5) is 0 Å². The molecule has 0 unspecified atom stereocenters. The number of thiophene rings is 1. The van der Waals surface area contributed by atoms with Gasteiger partial charge in [-0.15, -0.1) is 11.3 Å². The molecule has 2 rings (SSSR count). The maximum absolute atomic E-state index is 9.30. The van der Waals surface area contributed by atoms with E-state index in [4.69, 9.17) is 23.2 Å². The fourth-order valence-corrected chi connectivity index (χ4v) is 2.40. The average molecular weight is 219 g/mol. The van der Waals surface area contributed by atoms with Gasteiger partial charge in [-0.3, -0.25) is 0 Å². The quantitative estimate of drug-likeness (QED) is 0.711. The third kappa shape index (κ3) is 1.07. The van der Waals surface area contributed by atoms with E-state index in [9.17, 15) is 5.11 Å². The number of hydrogen-bond acceptors (Lipinski definition) is 2. The van der Waals surface area contributed by atoms with Gasteiger partial charge in [0.25, 0.3) is 0 Å². The fourth-order valence-electron chi connectivity index (χ4n) is 1.03. The van der Waals surface area contributed by atoms with Crippen molar-refractivity contribution < 1.29 is 5.11 Å². The highest BCUT2D eigenvalue weighted by Crippen LogP contribution is 2.39. The summed E-state index contributed by atoms with van der Waals surface area (Å²) in [5, 5.41) is 12.8. The Morgan fingerprint density at radius 2 is 2.00 bits per heavy atom. The fraction of sp³-hybridized carbons (Fsp3) is 0. The van der Waals surface area contributed by atoms with Gasteiger partial charge in [0.2, 0.25) is 0 Å². The van der Waals surface area contributed by atoms with Crippen LogP contribution in [-0.2, 0) is 0 Å². The highest BCUT2D eigenvalue weighted by Gasteiger charge is 2.09. The van der Waals surface area contributed by atoms with Crippen molar-refractivity contribution in [1.82, 2.24) is 0 Å². The molecule has 0 amide bonds. The van der Waals surface area contributed by atoms with E-state index >= 15 is 0 Å². The van der Waals surface area contributed by atoms with E-state index in [0.29, 0.717) is 5.02 Å².